The third-order valence-electron chi connectivity index (χ3n) is 5.32. The van der Waals surface area contributed by atoms with Crippen molar-refractivity contribution < 1.29 is 4.79 Å². The number of nitrogens with one attached hydrogen (secondary N) is 1. The molecule has 1 aliphatic rings. The van der Waals surface area contributed by atoms with Crippen molar-refractivity contribution >= 4 is 22.5 Å². The molecule has 0 unspecified atom stereocenters. The molecule has 27 heavy (non-hydrogen) atoms. The van der Waals surface area contributed by atoms with Crippen LogP contribution in [0.4, 0.5) is 0 Å². The summed E-state index contributed by atoms with van der Waals surface area (Å²) in [6, 6.07) is 7.16. The van der Waals surface area contributed by atoms with Crippen molar-refractivity contribution in [1.29, 1.82) is 0 Å². The lowest BCUT2D eigenvalue weighted by Crippen LogP contribution is -2.29. The van der Waals surface area contributed by atoms with Crippen LogP contribution in [0.25, 0.3) is 16.6 Å². The van der Waals surface area contributed by atoms with Gasteiger partial charge in [-0.25, -0.2) is 4.52 Å². The number of hydrogen-bond donors (Lipinski definition) is 1. The lowest BCUT2D eigenvalue weighted by Gasteiger charge is -2.14. The van der Waals surface area contributed by atoms with E-state index in [1.54, 1.807) is 33.5 Å². The zero-order valence-corrected chi connectivity index (χ0v) is 15.6. The van der Waals surface area contributed by atoms with Gasteiger partial charge in [0.1, 0.15) is 5.52 Å². The molecule has 0 spiro atoms. The molecule has 142 valence electrons. The minimum Gasteiger partial charge on any atom is -0.352 e. The van der Waals surface area contributed by atoms with E-state index in [2.05, 4.69) is 15.3 Å². The predicted octanol–water partition coefficient (Wildman–Crippen LogP) is 1.88. The third kappa shape index (κ3) is 3.35. The fourth-order valence-electron chi connectivity index (χ4n) is 3.89. The number of aryl methyl sites for hydroxylation is 1. The minimum atomic E-state index is -0.103. The highest BCUT2D eigenvalue weighted by Crippen LogP contribution is 2.16. The molecular weight excluding hydrogens is 342 g/mol. The molecule has 0 bridgehead atoms. The molecule has 7 nitrogen and oxygen atoms in total. The molecule has 1 fully saturated rings. The summed E-state index contributed by atoms with van der Waals surface area (Å²) in [5.74, 6) is -0.103. The van der Waals surface area contributed by atoms with Gasteiger partial charge in [-0.2, -0.15) is 5.10 Å². The van der Waals surface area contributed by atoms with Crippen LogP contribution in [0.3, 0.4) is 0 Å². The lowest BCUT2D eigenvalue weighted by atomic mass is 10.1. The summed E-state index contributed by atoms with van der Waals surface area (Å²) in [4.78, 5) is 27.6. The molecule has 1 aliphatic heterocycles. The highest BCUT2D eigenvalue weighted by Gasteiger charge is 2.14. The highest BCUT2D eigenvalue weighted by atomic mass is 16.1. The Hall–Kier alpha value is -2.67. The van der Waals surface area contributed by atoms with Gasteiger partial charge in [0.15, 0.2) is 0 Å². The molecule has 1 aromatic carbocycles. The summed E-state index contributed by atoms with van der Waals surface area (Å²) in [7, 11) is 0. The number of hydrogen-bond acceptors (Lipinski definition) is 4. The fraction of sp³-hybridized carbons (Fsp3) is 0.450. The average molecular weight is 367 g/mol. The lowest BCUT2D eigenvalue weighted by molar-refractivity contribution is 0.0952. The van der Waals surface area contributed by atoms with Crippen molar-refractivity contribution in [2.45, 2.75) is 32.7 Å². The highest BCUT2D eigenvalue weighted by molar-refractivity contribution is 5.97. The first-order chi connectivity index (χ1) is 13.2. The van der Waals surface area contributed by atoms with Crippen LogP contribution >= 0.6 is 0 Å². The Morgan fingerprint density at radius 3 is 2.74 bits per heavy atom. The molecule has 0 atom stereocenters. The molecule has 7 heteroatoms. The van der Waals surface area contributed by atoms with E-state index in [0.29, 0.717) is 24.2 Å². The van der Waals surface area contributed by atoms with Crippen LogP contribution in [0.15, 0.2) is 35.3 Å². The first-order valence-electron chi connectivity index (χ1n) is 9.70. The molecule has 1 saturated heterocycles. The Labute approximate surface area is 157 Å². The monoisotopic (exact) mass is 367 g/mol. The van der Waals surface area contributed by atoms with Crippen molar-refractivity contribution in [3.8, 4) is 0 Å². The standard InChI is InChI=1S/C20H25N5O2/c1-2-24-18-14-15(19(26)21-9-5-13-23-11-3-4-12-23)6-7-16(18)25-17(20(24)27)8-10-22-25/h6-8,10,14H,2-5,9,11-13H2,1H3,(H,21,26). The molecule has 3 aromatic rings. The number of nitrogens with zero attached hydrogens (tertiary/aromatic N) is 4. The molecule has 3 heterocycles. The first-order valence-corrected chi connectivity index (χ1v) is 9.70. The average Bonchev–Trinajstić information content (AvgIpc) is 3.37. The third-order valence-corrected chi connectivity index (χ3v) is 5.32. The van der Waals surface area contributed by atoms with Crippen LogP contribution in [0, 0.1) is 0 Å². The molecule has 1 amide bonds. The van der Waals surface area contributed by atoms with Gasteiger partial charge in [0, 0.05) is 18.7 Å². The van der Waals surface area contributed by atoms with Gasteiger partial charge in [-0.15, -0.1) is 0 Å². The predicted molar refractivity (Wildman–Crippen MR) is 105 cm³/mol. The van der Waals surface area contributed by atoms with E-state index in [1.807, 2.05) is 13.0 Å². The number of carbonyl (C=O) groups is 1. The van der Waals surface area contributed by atoms with Crippen molar-refractivity contribution in [1.82, 2.24) is 24.4 Å². The van der Waals surface area contributed by atoms with Crippen LogP contribution in [0.5, 0.6) is 0 Å². The van der Waals surface area contributed by atoms with E-state index in [9.17, 15) is 9.59 Å². The summed E-state index contributed by atoms with van der Waals surface area (Å²) < 4.78 is 3.33. The number of carbonyl (C=O) groups excluding carboxylic acids is 1. The van der Waals surface area contributed by atoms with Gasteiger partial charge in [0.05, 0.1) is 17.2 Å². The molecule has 2 aromatic heterocycles. The van der Waals surface area contributed by atoms with E-state index >= 15 is 0 Å². The minimum absolute atomic E-state index is 0.0920. The summed E-state index contributed by atoms with van der Waals surface area (Å²) >= 11 is 0. The largest absolute Gasteiger partial charge is 0.352 e. The van der Waals surface area contributed by atoms with Crippen LogP contribution in [0.2, 0.25) is 0 Å². The number of benzene rings is 1. The SMILES string of the molecule is CCn1c(=O)c2ccnn2c2ccc(C(=O)NCCCN3CCCC3)cc21. The molecule has 0 radical (unpaired) electrons. The zero-order valence-electron chi connectivity index (χ0n) is 15.6. The molecule has 1 N–H and O–H groups in total. The van der Waals surface area contributed by atoms with Gasteiger partial charge in [0.2, 0.25) is 0 Å². The number of amides is 1. The van der Waals surface area contributed by atoms with Crippen molar-refractivity contribution in [3.05, 3.63) is 46.4 Å². The molecule has 0 aliphatic carbocycles. The molecule has 0 saturated carbocycles. The Morgan fingerprint density at radius 2 is 1.96 bits per heavy atom. The molecule has 4 rings (SSSR count). The van der Waals surface area contributed by atoms with Gasteiger partial charge in [-0.1, -0.05) is 0 Å². The smallest absolute Gasteiger partial charge is 0.277 e. The maximum atomic E-state index is 12.6. The maximum Gasteiger partial charge on any atom is 0.277 e. The van der Waals surface area contributed by atoms with Crippen LogP contribution in [-0.4, -0.2) is 51.2 Å². The van der Waals surface area contributed by atoms with Crippen molar-refractivity contribution in [2.24, 2.45) is 0 Å². The second kappa shape index (κ2) is 7.52. The van der Waals surface area contributed by atoms with E-state index in [-0.39, 0.29) is 11.5 Å². The summed E-state index contributed by atoms with van der Waals surface area (Å²) in [5, 5.41) is 7.25. The maximum absolute atomic E-state index is 12.6. The summed E-state index contributed by atoms with van der Waals surface area (Å²) in [6.45, 7) is 6.51. The number of likely N-dealkylation sites (tertiary alicyclic amines) is 1. The summed E-state index contributed by atoms with van der Waals surface area (Å²) in [6.07, 6.45) is 5.14. The van der Waals surface area contributed by atoms with Crippen LogP contribution < -0.4 is 10.9 Å². The van der Waals surface area contributed by atoms with E-state index in [1.165, 1.54) is 25.9 Å². The van der Waals surface area contributed by atoms with Gasteiger partial charge in [-0.3, -0.25) is 9.59 Å². The summed E-state index contributed by atoms with van der Waals surface area (Å²) in [5.41, 5.74) is 2.57. The van der Waals surface area contributed by atoms with Crippen LogP contribution in [0.1, 0.15) is 36.5 Å². The molecular formula is C20H25N5O2. The Balaban J connectivity index is 1.54. The second-order valence-electron chi connectivity index (χ2n) is 7.04. The zero-order chi connectivity index (χ0) is 18.8. The van der Waals surface area contributed by atoms with Gasteiger partial charge in [0.25, 0.3) is 11.5 Å². The van der Waals surface area contributed by atoms with Crippen molar-refractivity contribution in [3.63, 3.8) is 0 Å². The van der Waals surface area contributed by atoms with Crippen LogP contribution in [-0.2, 0) is 6.54 Å². The van der Waals surface area contributed by atoms with Crippen molar-refractivity contribution in [2.75, 3.05) is 26.2 Å². The quantitative estimate of drug-likeness (QED) is 0.676. The number of rotatable bonds is 6. The van der Waals surface area contributed by atoms with E-state index in [0.717, 1.165) is 24.0 Å². The van der Waals surface area contributed by atoms with Gasteiger partial charge < -0.3 is 14.8 Å². The Bertz CT molecular complexity index is 1030. The first kappa shape index (κ1) is 17.7. The topological polar surface area (TPSA) is 71.6 Å². The number of fused-ring (bicyclic) bond motifs is 3. The second-order valence-corrected chi connectivity index (χ2v) is 7.04. The van der Waals surface area contributed by atoms with E-state index < -0.39 is 0 Å². The normalized spacial score (nSPS) is 15.0. The van der Waals surface area contributed by atoms with Gasteiger partial charge in [-0.05, 0) is 70.1 Å². The Morgan fingerprint density at radius 1 is 1.15 bits per heavy atom. The number of aromatic nitrogens is 3. The van der Waals surface area contributed by atoms with E-state index in [4.69, 9.17) is 0 Å². The van der Waals surface area contributed by atoms with Gasteiger partial charge >= 0.3 is 0 Å². The Kier molecular flexibility index (Phi) is 4.94. The fourth-order valence-corrected chi connectivity index (χ4v) is 3.89.